The van der Waals surface area contributed by atoms with Gasteiger partial charge < -0.3 is 10.3 Å². The number of nitrogens with two attached hydrogens (primary N) is 1. The molecule has 0 aliphatic heterocycles. The van der Waals surface area contributed by atoms with Crippen LogP contribution in [0.1, 0.15) is 21.6 Å². The summed E-state index contributed by atoms with van der Waals surface area (Å²) in [5.41, 5.74) is 7.57. The number of carbonyl (C=O) groups excluding carboxylic acids is 1. The monoisotopic (exact) mass is 266 g/mol. The largest absolute Gasteiger partial charge is 0.397 e. The van der Waals surface area contributed by atoms with E-state index in [2.05, 4.69) is 15.5 Å². The van der Waals surface area contributed by atoms with Gasteiger partial charge in [-0.05, 0) is 19.9 Å². The summed E-state index contributed by atoms with van der Waals surface area (Å²) in [6, 6.07) is 1.45. The van der Waals surface area contributed by atoms with Crippen molar-refractivity contribution in [3.8, 4) is 0 Å². The first-order chi connectivity index (χ1) is 8.49. The van der Waals surface area contributed by atoms with Gasteiger partial charge in [0.25, 0.3) is 5.91 Å². The number of pyridine rings is 1. The van der Waals surface area contributed by atoms with Crippen molar-refractivity contribution >= 4 is 29.1 Å². The number of carbonyl (C=O) groups is 1. The van der Waals surface area contributed by atoms with Crippen LogP contribution in [0.25, 0.3) is 0 Å². The molecule has 2 aromatic heterocycles. The second-order valence-electron chi connectivity index (χ2n) is 3.78. The fraction of sp³-hybridized carbons (Fsp3) is 0.182. The number of hydrogen-bond acceptors (Lipinski definition) is 5. The lowest BCUT2D eigenvalue weighted by atomic mass is 10.2. The quantitative estimate of drug-likeness (QED) is 0.813. The lowest BCUT2D eigenvalue weighted by molar-refractivity contribution is 0.102. The lowest BCUT2D eigenvalue weighted by Gasteiger charge is -2.04. The van der Waals surface area contributed by atoms with E-state index in [4.69, 9.17) is 21.9 Å². The Labute approximate surface area is 108 Å². The highest BCUT2D eigenvalue weighted by Gasteiger charge is 2.16. The van der Waals surface area contributed by atoms with E-state index >= 15 is 0 Å². The Bertz CT molecular complexity index is 609. The van der Waals surface area contributed by atoms with Crippen LogP contribution in [0.3, 0.4) is 0 Å². The van der Waals surface area contributed by atoms with E-state index < -0.39 is 5.91 Å². The minimum Gasteiger partial charge on any atom is -0.397 e. The minimum atomic E-state index is -0.445. The molecule has 2 aromatic rings. The maximum Gasteiger partial charge on any atom is 0.261 e. The third-order valence-electron chi connectivity index (χ3n) is 2.49. The maximum absolute atomic E-state index is 12.0. The van der Waals surface area contributed by atoms with Gasteiger partial charge in [0.05, 0.1) is 23.1 Å². The Morgan fingerprint density at radius 2 is 2.22 bits per heavy atom. The molecule has 0 saturated carbocycles. The van der Waals surface area contributed by atoms with Gasteiger partial charge in [-0.3, -0.25) is 10.1 Å². The van der Waals surface area contributed by atoms with Crippen molar-refractivity contribution in [3.05, 3.63) is 34.2 Å². The van der Waals surface area contributed by atoms with Crippen LogP contribution in [0.4, 0.5) is 11.6 Å². The van der Waals surface area contributed by atoms with Crippen LogP contribution < -0.4 is 11.1 Å². The van der Waals surface area contributed by atoms with Crippen LogP contribution in [0.5, 0.6) is 0 Å². The zero-order valence-electron chi connectivity index (χ0n) is 9.82. The zero-order valence-corrected chi connectivity index (χ0v) is 10.6. The van der Waals surface area contributed by atoms with Gasteiger partial charge in [-0.25, -0.2) is 4.98 Å². The van der Waals surface area contributed by atoms with E-state index in [0.29, 0.717) is 11.4 Å². The first kappa shape index (κ1) is 12.4. The molecule has 0 fully saturated rings. The molecule has 0 bridgehead atoms. The van der Waals surface area contributed by atoms with Crippen molar-refractivity contribution in [2.75, 3.05) is 11.1 Å². The first-order valence-electron chi connectivity index (χ1n) is 5.14. The van der Waals surface area contributed by atoms with Crippen molar-refractivity contribution in [3.63, 3.8) is 0 Å². The summed E-state index contributed by atoms with van der Waals surface area (Å²) in [5.74, 6) is -0.157. The first-order valence-corrected chi connectivity index (χ1v) is 5.52. The van der Waals surface area contributed by atoms with Crippen molar-refractivity contribution in [1.29, 1.82) is 0 Å². The van der Waals surface area contributed by atoms with Crippen LogP contribution >= 0.6 is 11.6 Å². The van der Waals surface area contributed by atoms with Crippen molar-refractivity contribution in [2.24, 2.45) is 0 Å². The smallest absolute Gasteiger partial charge is 0.261 e. The number of aromatic nitrogens is 2. The highest BCUT2D eigenvalue weighted by atomic mass is 35.5. The molecule has 6 nitrogen and oxygen atoms in total. The molecule has 0 aliphatic carbocycles. The molecule has 0 atom stereocenters. The Balaban J connectivity index is 2.27. The van der Waals surface area contributed by atoms with Crippen molar-refractivity contribution < 1.29 is 9.32 Å². The molecule has 2 rings (SSSR count). The van der Waals surface area contributed by atoms with E-state index in [1.165, 1.54) is 12.3 Å². The number of anilines is 2. The molecule has 0 saturated heterocycles. The van der Waals surface area contributed by atoms with E-state index in [1.54, 1.807) is 13.8 Å². The number of nitrogen functional groups attached to an aromatic ring is 1. The molecular weight excluding hydrogens is 256 g/mol. The molecule has 0 aromatic carbocycles. The molecule has 2 heterocycles. The summed E-state index contributed by atoms with van der Waals surface area (Å²) in [7, 11) is 0. The van der Waals surface area contributed by atoms with Gasteiger partial charge in [0.1, 0.15) is 5.15 Å². The van der Waals surface area contributed by atoms with E-state index in [1.807, 2.05) is 0 Å². The average Bonchev–Trinajstić information content (AvgIpc) is 2.64. The topological polar surface area (TPSA) is 94.0 Å². The Morgan fingerprint density at radius 1 is 1.50 bits per heavy atom. The zero-order chi connectivity index (χ0) is 13.3. The van der Waals surface area contributed by atoms with E-state index in [9.17, 15) is 4.79 Å². The van der Waals surface area contributed by atoms with E-state index in [-0.39, 0.29) is 16.6 Å². The minimum absolute atomic E-state index is 0.0793. The summed E-state index contributed by atoms with van der Waals surface area (Å²) in [4.78, 5) is 15.8. The van der Waals surface area contributed by atoms with Gasteiger partial charge in [0.15, 0.2) is 0 Å². The SMILES string of the molecule is Cc1noc(NC(=O)c2cc(N)cnc2Cl)c1C. The molecule has 0 aliphatic rings. The van der Waals surface area contributed by atoms with Crippen LogP contribution in [-0.2, 0) is 0 Å². The number of aryl methyl sites for hydroxylation is 1. The van der Waals surface area contributed by atoms with E-state index in [0.717, 1.165) is 5.56 Å². The molecule has 0 unspecified atom stereocenters. The third kappa shape index (κ3) is 2.28. The molecular formula is C11H11ClN4O2. The summed E-state index contributed by atoms with van der Waals surface area (Å²) >= 11 is 5.83. The average molecular weight is 267 g/mol. The number of rotatable bonds is 2. The Hall–Kier alpha value is -2.08. The molecule has 3 N–H and O–H groups in total. The fourth-order valence-corrected chi connectivity index (χ4v) is 1.52. The molecule has 1 amide bonds. The number of amides is 1. The molecule has 7 heteroatoms. The predicted octanol–water partition coefficient (Wildman–Crippen LogP) is 2.17. The lowest BCUT2D eigenvalue weighted by Crippen LogP contribution is -2.13. The van der Waals surface area contributed by atoms with Gasteiger partial charge in [-0.1, -0.05) is 16.8 Å². The predicted molar refractivity (Wildman–Crippen MR) is 67.6 cm³/mol. The summed E-state index contributed by atoms with van der Waals surface area (Å²) in [6.45, 7) is 3.57. The van der Waals surface area contributed by atoms with Gasteiger partial charge in [-0.2, -0.15) is 0 Å². The van der Waals surface area contributed by atoms with Crippen LogP contribution in [-0.4, -0.2) is 16.0 Å². The van der Waals surface area contributed by atoms with Crippen LogP contribution in [0.2, 0.25) is 5.15 Å². The highest BCUT2D eigenvalue weighted by Crippen LogP contribution is 2.21. The highest BCUT2D eigenvalue weighted by molar-refractivity contribution is 6.33. The number of halogens is 1. The second-order valence-corrected chi connectivity index (χ2v) is 4.14. The number of hydrogen-bond donors (Lipinski definition) is 2. The normalized spacial score (nSPS) is 10.4. The number of nitrogens with zero attached hydrogens (tertiary/aromatic N) is 2. The summed E-state index contributed by atoms with van der Waals surface area (Å²) in [5, 5.41) is 6.39. The van der Waals surface area contributed by atoms with Crippen LogP contribution in [0.15, 0.2) is 16.8 Å². The Morgan fingerprint density at radius 3 is 2.83 bits per heavy atom. The van der Waals surface area contributed by atoms with Gasteiger partial charge >= 0.3 is 0 Å². The molecule has 0 radical (unpaired) electrons. The second kappa shape index (κ2) is 4.66. The van der Waals surface area contributed by atoms with Gasteiger partial charge in [0.2, 0.25) is 5.88 Å². The van der Waals surface area contributed by atoms with Crippen molar-refractivity contribution in [2.45, 2.75) is 13.8 Å². The number of nitrogens with one attached hydrogen (secondary N) is 1. The Kier molecular flexibility index (Phi) is 3.20. The standard InChI is InChI=1S/C11H11ClN4O2/c1-5-6(2)16-18-11(5)15-10(17)8-3-7(13)4-14-9(8)12/h3-4H,13H2,1-2H3,(H,15,17). The third-order valence-corrected chi connectivity index (χ3v) is 2.79. The van der Waals surface area contributed by atoms with Crippen LogP contribution in [0, 0.1) is 13.8 Å². The molecule has 18 heavy (non-hydrogen) atoms. The maximum atomic E-state index is 12.0. The summed E-state index contributed by atoms with van der Waals surface area (Å²) < 4.78 is 4.98. The molecule has 0 spiro atoms. The molecule has 94 valence electrons. The fourth-order valence-electron chi connectivity index (χ4n) is 1.33. The van der Waals surface area contributed by atoms with Gasteiger partial charge in [0, 0.05) is 5.56 Å². The van der Waals surface area contributed by atoms with Gasteiger partial charge in [-0.15, -0.1) is 0 Å². The van der Waals surface area contributed by atoms with Crippen molar-refractivity contribution in [1.82, 2.24) is 10.1 Å². The summed E-state index contributed by atoms with van der Waals surface area (Å²) in [6.07, 6.45) is 1.38.